The summed E-state index contributed by atoms with van der Waals surface area (Å²) in [5.41, 5.74) is 1.48. The molecule has 0 spiro atoms. The minimum Gasteiger partial charge on any atom is -0.325 e. The zero-order valence-electron chi connectivity index (χ0n) is 17.8. The van der Waals surface area contributed by atoms with E-state index in [2.05, 4.69) is 10.2 Å². The van der Waals surface area contributed by atoms with Crippen molar-refractivity contribution in [1.29, 1.82) is 0 Å². The number of nitrogens with zero attached hydrogens (tertiary/aromatic N) is 2. The standard InChI is InChI=1S/C23H27Cl2N3O3S/c24-18-5-3-17(4-6-18)16-27(19-7-8-19)14-11-23(29)26-22-15-20(9-10-21(22)25)32(30,31)28-12-1-2-13-28/h3-6,9-10,15,19H,1-2,7-8,11-14,16H2,(H,26,29). The number of halogens is 2. The summed E-state index contributed by atoms with van der Waals surface area (Å²) < 4.78 is 27.1. The van der Waals surface area contributed by atoms with Crippen molar-refractivity contribution in [3.63, 3.8) is 0 Å². The summed E-state index contributed by atoms with van der Waals surface area (Å²) in [6, 6.07) is 12.7. The van der Waals surface area contributed by atoms with Crippen LogP contribution in [0.2, 0.25) is 10.0 Å². The molecular weight excluding hydrogens is 469 g/mol. The van der Waals surface area contributed by atoms with Gasteiger partial charge in [-0.3, -0.25) is 9.69 Å². The molecule has 1 aliphatic heterocycles. The second-order valence-corrected chi connectivity index (χ2v) is 11.2. The highest BCUT2D eigenvalue weighted by molar-refractivity contribution is 7.89. The van der Waals surface area contributed by atoms with Gasteiger partial charge >= 0.3 is 0 Å². The summed E-state index contributed by atoms with van der Waals surface area (Å²) >= 11 is 12.2. The fraction of sp³-hybridized carbons (Fsp3) is 0.435. The Bertz CT molecular complexity index is 1070. The van der Waals surface area contributed by atoms with Crippen molar-refractivity contribution in [2.75, 3.05) is 25.0 Å². The van der Waals surface area contributed by atoms with Gasteiger partial charge in [0.1, 0.15) is 0 Å². The molecule has 1 amide bonds. The van der Waals surface area contributed by atoms with E-state index in [-0.39, 0.29) is 10.8 Å². The largest absolute Gasteiger partial charge is 0.325 e. The molecule has 2 aromatic rings. The Balaban J connectivity index is 1.38. The van der Waals surface area contributed by atoms with Gasteiger partial charge in [-0.2, -0.15) is 4.31 Å². The maximum absolute atomic E-state index is 12.8. The van der Waals surface area contributed by atoms with Gasteiger partial charge in [-0.25, -0.2) is 8.42 Å². The highest BCUT2D eigenvalue weighted by Crippen LogP contribution is 2.30. The lowest BCUT2D eigenvalue weighted by Gasteiger charge is -2.22. The zero-order chi connectivity index (χ0) is 22.7. The molecule has 9 heteroatoms. The lowest BCUT2D eigenvalue weighted by Crippen LogP contribution is -2.30. The van der Waals surface area contributed by atoms with Crippen LogP contribution in [0.4, 0.5) is 5.69 Å². The minimum absolute atomic E-state index is 0.154. The highest BCUT2D eigenvalue weighted by atomic mass is 35.5. The first-order chi connectivity index (χ1) is 15.3. The van der Waals surface area contributed by atoms with Crippen molar-refractivity contribution in [3.05, 3.63) is 58.1 Å². The van der Waals surface area contributed by atoms with Gasteiger partial charge in [-0.05, 0) is 61.6 Å². The van der Waals surface area contributed by atoms with Crippen LogP contribution in [-0.2, 0) is 21.4 Å². The number of amides is 1. The molecule has 0 radical (unpaired) electrons. The molecule has 1 saturated heterocycles. The molecular formula is C23H27Cl2N3O3S. The van der Waals surface area contributed by atoms with Crippen LogP contribution >= 0.6 is 23.2 Å². The smallest absolute Gasteiger partial charge is 0.243 e. The fourth-order valence-electron chi connectivity index (χ4n) is 3.95. The third-order valence-corrected chi connectivity index (χ3v) is 8.38. The van der Waals surface area contributed by atoms with Crippen molar-refractivity contribution < 1.29 is 13.2 Å². The first-order valence-corrected chi connectivity index (χ1v) is 13.1. The average molecular weight is 496 g/mol. The molecule has 1 heterocycles. The van der Waals surface area contributed by atoms with Crippen LogP contribution in [0.25, 0.3) is 0 Å². The number of sulfonamides is 1. The molecule has 6 nitrogen and oxygen atoms in total. The van der Waals surface area contributed by atoms with E-state index in [9.17, 15) is 13.2 Å². The van der Waals surface area contributed by atoms with Crippen molar-refractivity contribution >= 4 is 44.8 Å². The average Bonchev–Trinajstić information content (AvgIpc) is 3.45. The van der Waals surface area contributed by atoms with Crippen LogP contribution in [0.5, 0.6) is 0 Å². The van der Waals surface area contributed by atoms with Gasteiger partial charge in [0.25, 0.3) is 0 Å². The molecule has 4 rings (SSSR count). The molecule has 0 bridgehead atoms. The summed E-state index contributed by atoms with van der Waals surface area (Å²) in [5.74, 6) is -0.190. The topological polar surface area (TPSA) is 69.7 Å². The highest BCUT2D eigenvalue weighted by Gasteiger charge is 2.30. The molecule has 0 atom stereocenters. The minimum atomic E-state index is -3.57. The lowest BCUT2D eigenvalue weighted by molar-refractivity contribution is -0.116. The van der Waals surface area contributed by atoms with Crippen molar-refractivity contribution in [3.8, 4) is 0 Å². The van der Waals surface area contributed by atoms with E-state index >= 15 is 0 Å². The van der Waals surface area contributed by atoms with Gasteiger partial charge in [-0.1, -0.05) is 35.3 Å². The van der Waals surface area contributed by atoms with Gasteiger partial charge in [0, 0.05) is 43.7 Å². The molecule has 1 aliphatic carbocycles. The number of hydrogen-bond acceptors (Lipinski definition) is 4. The van der Waals surface area contributed by atoms with Crippen LogP contribution in [0.3, 0.4) is 0 Å². The van der Waals surface area contributed by atoms with E-state index in [1.54, 1.807) is 0 Å². The first-order valence-electron chi connectivity index (χ1n) is 10.9. The summed E-state index contributed by atoms with van der Waals surface area (Å²) in [6.45, 7) is 2.43. The molecule has 1 saturated carbocycles. The number of carbonyl (C=O) groups is 1. The van der Waals surface area contributed by atoms with Gasteiger partial charge in [0.2, 0.25) is 15.9 Å². The number of nitrogens with one attached hydrogen (secondary N) is 1. The number of hydrogen-bond donors (Lipinski definition) is 1. The second kappa shape index (κ2) is 10.1. The maximum Gasteiger partial charge on any atom is 0.243 e. The van der Waals surface area contributed by atoms with Crippen molar-refractivity contribution in [2.45, 2.75) is 49.6 Å². The third-order valence-electron chi connectivity index (χ3n) is 5.90. The van der Waals surface area contributed by atoms with Crippen LogP contribution < -0.4 is 5.32 Å². The number of rotatable bonds is 9. The molecule has 2 fully saturated rings. The zero-order valence-corrected chi connectivity index (χ0v) is 20.1. The van der Waals surface area contributed by atoms with Crippen LogP contribution in [0.1, 0.15) is 37.7 Å². The normalized spacial score (nSPS) is 17.1. The van der Waals surface area contributed by atoms with Crippen molar-refractivity contribution in [2.24, 2.45) is 0 Å². The van der Waals surface area contributed by atoms with Gasteiger partial charge in [0.05, 0.1) is 15.6 Å². The predicted octanol–water partition coefficient (Wildman–Crippen LogP) is 4.77. The van der Waals surface area contributed by atoms with E-state index in [1.807, 2.05) is 24.3 Å². The Morgan fingerprint density at radius 3 is 2.41 bits per heavy atom. The van der Waals surface area contributed by atoms with E-state index < -0.39 is 10.0 Å². The van der Waals surface area contributed by atoms with E-state index in [1.165, 1.54) is 22.5 Å². The van der Waals surface area contributed by atoms with Crippen LogP contribution in [0, 0.1) is 0 Å². The number of carbonyl (C=O) groups excluding carboxylic acids is 1. The molecule has 0 unspecified atom stereocenters. The molecule has 32 heavy (non-hydrogen) atoms. The molecule has 1 N–H and O–H groups in total. The van der Waals surface area contributed by atoms with Crippen molar-refractivity contribution in [1.82, 2.24) is 9.21 Å². The Morgan fingerprint density at radius 2 is 1.75 bits per heavy atom. The summed E-state index contributed by atoms with van der Waals surface area (Å²) in [5, 5.41) is 3.83. The van der Waals surface area contributed by atoms with E-state index in [0.717, 1.165) is 37.8 Å². The Labute approximate surface area is 199 Å². The SMILES string of the molecule is O=C(CCN(Cc1ccc(Cl)cc1)C1CC1)Nc1cc(S(=O)(=O)N2CCCC2)ccc1Cl. The van der Waals surface area contributed by atoms with Crippen LogP contribution in [-0.4, -0.2) is 49.2 Å². The summed E-state index contributed by atoms with van der Waals surface area (Å²) in [7, 11) is -3.57. The Morgan fingerprint density at radius 1 is 1.06 bits per heavy atom. The molecule has 0 aromatic heterocycles. The van der Waals surface area contributed by atoms with Crippen LogP contribution in [0.15, 0.2) is 47.4 Å². The fourth-order valence-corrected chi connectivity index (χ4v) is 5.79. The quantitative estimate of drug-likeness (QED) is 0.543. The second-order valence-electron chi connectivity index (χ2n) is 8.38. The van der Waals surface area contributed by atoms with E-state index in [0.29, 0.717) is 47.8 Å². The van der Waals surface area contributed by atoms with Gasteiger partial charge < -0.3 is 5.32 Å². The molecule has 2 aromatic carbocycles. The molecule has 2 aliphatic rings. The number of benzene rings is 2. The number of anilines is 1. The Hall–Kier alpha value is -1.64. The van der Waals surface area contributed by atoms with Gasteiger partial charge in [0.15, 0.2) is 0 Å². The van der Waals surface area contributed by atoms with E-state index in [4.69, 9.17) is 23.2 Å². The first kappa shape index (κ1) is 23.5. The third kappa shape index (κ3) is 5.83. The Kier molecular flexibility index (Phi) is 7.42. The summed E-state index contributed by atoms with van der Waals surface area (Å²) in [6.07, 6.45) is 4.30. The lowest BCUT2D eigenvalue weighted by atomic mass is 10.2. The van der Waals surface area contributed by atoms with Gasteiger partial charge in [-0.15, -0.1) is 0 Å². The maximum atomic E-state index is 12.8. The summed E-state index contributed by atoms with van der Waals surface area (Å²) in [4.78, 5) is 15.1. The monoisotopic (exact) mass is 495 g/mol. The molecule has 172 valence electrons. The predicted molar refractivity (Wildman–Crippen MR) is 128 cm³/mol.